The molecule has 0 aliphatic carbocycles. The first-order chi connectivity index (χ1) is 16.7. The number of hydrogen-bond acceptors (Lipinski definition) is 2. The summed E-state index contributed by atoms with van der Waals surface area (Å²) in [4.78, 5) is 14.8. The third-order valence-corrected chi connectivity index (χ3v) is 6.20. The lowest BCUT2D eigenvalue weighted by Crippen LogP contribution is -2.43. The molecule has 2 amide bonds. The molecule has 6 heteroatoms. The van der Waals surface area contributed by atoms with E-state index in [1.54, 1.807) is 30.3 Å². The summed E-state index contributed by atoms with van der Waals surface area (Å²) in [5, 5.41) is 5.95. The molecule has 1 atom stereocenters. The Morgan fingerprint density at radius 2 is 1.69 bits per heavy atom. The van der Waals surface area contributed by atoms with Crippen LogP contribution >= 0.6 is 0 Å². The Morgan fingerprint density at radius 1 is 0.943 bits per heavy atom. The van der Waals surface area contributed by atoms with Crippen molar-refractivity contribution in [2.24, 2.45) is 0 Å². The normalized spacial score (nSPS) is 16.5. The molecule has 3 aromatic carbocycles. The summed E-state index contributed by atoms with van der Waals surface area (Å²) in [5.41, 5.74) is 5.27. The fourth-order valence-electron chi connectivity index (χ4n) is 4.86. The molecule has 2 aliphatic rings. The van der Waals surface area contributed by atoms with E-state index < -0.39 is 0 Å². The van der Waals surface area contributed by atoms with Gasteiger partial charge in [-0.2, -0.15) is 0 Å². The zero-order chi connectivity index (χ0) is 25.0. The minimum Gasteiger partial charge on any atom is -0.371 e. The van der Waals surface area contributed by atoms with Crippen LogP contribution in [0.4, 0.5) is 25.0 Å². The van der Waals surface area contributed by atoms with Gasteiger partial charge in [-0.25, -0.2) is 13.6 Å². The number of hydrogen-bond donors (Lipinski definition) is 2. The number of nitrogens with one attached hydrogen (secondary N) is 2. The van der Waals surface area contributed by atoms with Gasteiger partial charge in [0.1, 0.15) is 11.6 Å². The van der Waals surface area contributed by atoms with Gasteiger partial charge in [0.15, 0.2) is 0 Å². The minimum absolute atomic E-state index is 0.145. The van der Waals surface area contributed by atoms with Gasteiger partial charge in [0.2, 0.25) is 0 Å². The average molecular weight is 478 g/mol. The summed E-state index contributed by atoms with van der Waals surface area (Å²) in [6, 6.07) is 18.8. The summed E-state index contributed by atoms with van der Waals surface area (Å²) in [7, 11) is 0. The van der Waals surface area contributed by atoms with Gasteiger partial charge in [-0.3, -0.25) is 0 Å². The minimum atomic E-state index is -0.298. The van der Waals surface area contributed by atoms with E-state index in [1.165, 1.54) is 35.0 Å². The maximum atomic E-state index is 13.9. The van der Waals surface area contributed by atoms with E-state index in [-0.39, 0.29) is 29.1 Å². The van der Waals surface area contributed by atoms with Crippen LogP contribution in [0.1, 0.15) is 56.2 Å². The summed E-state index contributed by atoms with van der Waals surface area (Å²) in [6.07, 6.45) is 3.08. The second-order valence-electron chi connectivity index (χ2n) is 10.2. The molecule has 184 valence electrons. The number of halogens is 2. The molecule has 4 nitrogen and oxygen atoms in total. The van der Waals surface area contributed by atoms with Crippen LogP contribution in [0.5, 0.6) is 0 Å². The fraction of sp³-hybridized carbons (Fsp3) is 0.345. The Kier molecular flexibility index (Phi) is 7.39. The van der Waals surface area contributed by atoms with Crippen LogP contribution in [0.3, 0.4) is 0 Å². The molecule has 0 spiro atoms. The lowest BCUT2D eigenvalue weighted by molar-refractivity contribution is 0.244. The zero-order valence-corrected chi connectivity index (χ0v) is 20.6. The highest BCUT2D eigenvalue weighted by molar-refractivity contribution is 5.90. The molecule has 3 aromatic rings. The van der Waals surface area contributed by atoms with Crippen LogP contribution in [-0.4, -0.2) is 24.7 Å². The van der Waals surface area contributed by atoms with Crippen molar-refractivity contribution in [3.63, 3.8) is 0 Å². The Balaban J connectivity index is 0.000000356. The number of rotatable bonds is 2. The van der Waals surface area contributed by atoms with Crippen LogP contribution in [0.15, 0.2) is 66.7 Å². The molecular formula is C29H33F2N3O. The third-order valence-electron chi connectivity index (χ3n) is 6.20. The number of nitrogens with zero attached hydrogens (tertiary/aromatic N) is 1. The standard InChI is InChI=1S/C23H28FN3O.C6H5F/c1-23(2,3)26-22(28)25-18-13-16-7-5-10-27-11-9-19(20(14-18)21(16)27)15-6-4-8-17(24)12-15;7-6-4-2-1-3-5-6/h4,6,8,12-14,19H,5,7,9-11H2,1-3H3,(H2,25,26,28);1-5H. The molecule has 35 heavy (non-hydrogen) atoms. The molecule has 2 N–H and O–H groups in total. The van der Waals surface area contributed by atoms with E-state index in [2.05, 4.69) is 27.7 Å². The van der Waals surface area contributed by atoms with Gasteiger partial charge < -0.3 is 15.5 Å². The van der Waals surface area contributed by atoms with Crippen molar-refractivity contribution in [1.82, 2.24) is 5.32 Å². The van der Waals surface area contributed by atoms with Crippen LogP contribution < -0.4 is 15.5 Å². The first-order valence-corrected chi connectivity index (χ1v) is 12.2. The van der Waals surface area contributed by atoms with E-state index in [9.17, 15) is 13.6 Å². The number of urea groups is 1. The van der Waals surface area contributed by atoms with E-state index >= 15 is 0 Å². The molecule has 0 aromatic heterocycles. The lowest BCUT2D eigenvalue weighted by atomic mass is 9.81. The molecule has 2 heterocycles. The van der Waals surface area contributed by atoms with Gasteiger partial charge in [-0.15, -0.1) is 0 Å². The van der Waals surface area contributed by atoms with Crippen molar-refractivity contribution in [3.05, 3.63) is 95.1 Å². The summed E-state index contributed by atoms with van der Waals surface area (Å²) in [5.74, 6) is -0.235. The molecule has 0 fully saturated rings. The smallest absolute Gasteiger partial charge is 0.319 e. The van der Waals surface area contributed by atoms with Gasteiger partial charge >= 0.3 is 6.03 Å². The molecule has 0 bridgehead atoms. The number of carbonyl (C=O) groups excluding carboxylic acids is 1. The number of aryl methyl sites for hydroxylation is 1. The van der Waals surface area contributed by atoms with Gasteiger partial charge in [0.05, 0.1) is 0 Å². The predicted molar refractivity (Wildman–Crippen MR) is 138 cm³/mol. The van der Waals surface area contributed by atoms with Crippen LogP contribution in [0, 0.1) is 11.6 Å². The first-order valence-electron chi connectivity index (χ1n) is 12.2. The lowest BCUT2D eigenvalue weighted by Gasteiger charge is -2.40. The van der Waals surface area contributed by atoms with Crippen LogP contribution in [0.2, 0.25) is 0 Å². The Morgan fingerprint density at radius 3 is 2.34 bits per heavy atom. The molecule has 0 saturated heterocycles. The average Bonchev–Trinajstić information content (AvgIpc) is 2.79. The highest BCUT2D eigenvalue weighted by Crippen LogP contribution is 2.45. The largest absolute Gasteiger partial charge is 0.371 e. The van der Waals surface area contributed by atoms with E-state index in [0.717, 1.165) is 43.6 Å². The highest BCUT2D eigenvalue weighted by Gasteiger charge is 2.31. The van der Waals surface area contributed by atoms with Crippen molar-refractivity contribution >= 4 is 17.4 Å². The van der Waals surface area contributed by atoms with Crippen molar-refractivity contribution in [1.29, 1.82) is 0 Å². The Hall–Kier alpha value is -3.41. The van der Waals surface area contributed by atoms with E-state index in [4.69, 9.17) is 0 Å². The monoisotopic (exact) mass is 477 g/mol. The maximum Gasteiger partial charge on any atom is 0.319 e. The second-order valence-corrected chi connectivity index (χ2v) is 10.2. The van der Waals surface area contributed by atoms with Gasteiger partial charge in [0.25, 0.3) is 0 Å². The quantitative estimate of drug-likeness (QED) is 0.423. The topological polar surface area (TPSA) is 44.4 Å². The van der Waals surface area contributed by atoms with Crippen molar-refractivity contribution < 1.29 is 13.6 Å². The number of amides is 2. The predicted octanol–water partition coefficient (Wildman–Crippen LogP) is 6.86. The van der Waals surface area contributed by atoms with Gasteiger partial charge in [-0.1, -0.05) is 30.3 Å². The summed E-state index contributed by atoms with van der Waals surface area (Å²) in [6.45, 7) is 7.93. The van der Waals surface area contributed by atoms with Crippen molar-refractivity contribution in [2.45, 2.75) is 51.5 Å². The highest BCUT2D eigenvalue weighted by atomic mass is 19.1. The number of anilines is 2. The van der Waals surface area contributed by atoms with Crippen molar-refractivity contribution in [2.75, 3.05) is 23.3 Å². The molecule has 0 radical (unpaired) electrons. The molecule has 1 unspecified atom stereocenters. The molecular weight excluding hydrogens is 444 g/mol. The van der Waals surface area contributed by atoms with Crippen molar-refractivity contribution in [3.8, 4) is 0 Å². The van der Waals surface area contributed by atoms with Crippen LogP contribution in [0.25, 0.3) is 0 Å². The molecule has 5 rings (SSSR count). The summed E-state index contributed by atoms with van der Waals surface area (Å²) >= 11 is 0. The second kappa shape index (κ2) is 10.5. The number of carbonyl (C=O) groups is 1. The maximum absolute atomic E-state index is 13.9. The molecule has 0 saturated carbocycles. The van der Waals surface area contributed by atoms with Gasteiger partial charge in [0, 0.05) is 35.9 Å². The first kappa shape index (κ1) is 24.7. The fourth-order valence-corrected chi connectivity index (χ4v) is 4.86. The SMILES string of the molecule is CC(C)(C)NC(=O)Nc1cc2c3c(c1)C(c1cccc(F)c1)CCN3CCC2.Fc1ccccc1. The molecule has 2 aliphatic heterocycles. The third kappa shape index (κ3) is 6.38. The Labute approximate surface area is 206 Å². The van der Waals surface area contributed by atoms with Crippen LogP contribution in [-0.2, 0) is 6.42 Å². The van der Waals surface area contributed by atoms with E-state index in [0.29, 0.717) is 0 Å². The Bertz CT molecular complexity index is 1170. The number of benzene rings is 3. The van der Waals surface area contributed by atoms with Gasteiger partial charge in [-0.05, 0) is 93.1 Å². The van der Waals surface area contributed by atoms with E-state index in [1.807, 2.05) is 26.8 Å². The zero-order valence-electron chi connectivity index (χ0n) is 20.6. The summed E-state index contributed by atoms with van der Waals surface area (Å²) < 4.78 is 25.8.